The van der Waals surface area contributed by atoms with Crippen LogP contribution in [0.15, 0.2) is 36.4 Å². The molecule has 7 heteroatoms. The summed E-state index contributed by atoms with van der Waals surface area (Å²) in [6, 6.07) is 10.7. The van der Waals surface area contributed by atoms with Crippen molar-refractivity contribution in [2.75, 3.05) is 24.1 Å². The van der Waals surface area contributed by atoms with Crippen LogP contribution in [0.2, 0.25) is 0 Å². The zero-order chi connectivity index (χ0) is 18.3. The van der Waals surface area contributed by atoms with E-state index in [0.717, 1.165) is 5.56 Å². The molecule has 7 nitrogen and oxygen atoms in total. The van der Waals surface area contributed by atoms with E-state index < -0.39 is 6.10 Å². The molecule has 1 N–H and O–H groups in total. The quantitative estimate of drug-likeness (QED) is 0.915. The van der Waals surface area contributed by atoms with Gasteiger partial charge in [0.05, 0.1) is 12.1 Å². The minimum atomic E-state index is -0.515. The van der Waals surface area contributed by atoms with Crippen molar-refractivity contribution in [1.82, 2.24) is 0 Å². The van der Waals surface area contributed by atoms with Crippen LogP contribution in [0.1, 0.15) is 12.5 Å². The highest BCUT2D eigenvalue weighted by molar-refractivity contribution is 6.01. The number of nitrogens with one attached hydrogen (secondary N) is 1. The second-order valence-electron chi connectivity index (χ2n) is 6.25. The van der Waals surface area contributed by atoms with Gasteiger partial charge in [-0.05, 0) is 42.8 Å². The molecule has 2 aromatic carbocycles. The number of nitrogens with zero attached hydrogens (tertiary/aromatic N) is 1. The Kier molecular flexibility index (Phi) is 3.91. The summed E-state index contributed by atoms with van der Waals surface area (Å²) in [4.78, 5) is 25.9. The summed E-state index contributed by atoms with van der Waals surface area (Å²) in [5.74, 6) is 1.67. The molecule has 1 atom stereocenters. The highest BCUT2D eigenvalue weighted by Crippen LogP contribution is 2.36. The maximum atomic E-state index is 12.4. The van der Waals surface area contributed by atoms with Gasteiger partial charge in [-0.1, -0.05) is 6.07 Å². The van der Waals surface area contributed by atoms with Crippen molar-refractivity contribution in [3.63, 3.8) is 0 Å². The van der Waals surface area contributed by atoms with E-state index in [2.05, 4.69) is 5.32 Å². The van der Waals surface area contributed by atoms with Crippen LogP contribution < -0.4 is 24.4 Å². The Bertz CT molecular complexity index is 895. The lowest BCUT2D eigenvalue weighted by Gasteiger charge is -2.30. The number of carbonyl (C=O) groups is 2. The highest BCUT2D eigenvalue weighted by Gasteiger charge is 2.29. The molecule has 2 aliphatic heterocycles. The zero-order valence-electron chi connectivity index (χ0n) is 14.4. The minimum Gasteiger partial charge on any atom is -0.479 e. The van der Waals surface area contributed by atoms with Crippen LogP contribution in [-0.2, 0) is 16.0 Å². The number of ether oxygens (including phenoxy) is 3. The molecule has 0 bridgehead atoms. The first-order chi connectivity index (χ1) is 12.5. The highest BCUT2D eigenvalue weighted by atomic mass is 16.7. The second kappa shape index (κ2) is 6.25. The molecule has 26 heavy (non-hydrogen) atoms. The van der Waals surface area contributed by atoms with E-state index in [4.69, 9.17) is 14.2 Å². The third kappa shape index (κ3) is 2.92. The standard InChI is InChI=1S/C19H18N2O5/c1-11-19(23)21(2)14-9-13(4-6-15(14)26-11)20-18(22)8-12-3-5-16-17(7-12)25-10-24-16/h3-7,9,11H,8,10H2,1-2H3,(H,20,22). The van der Waals surface area contributed by atoms with Gasteiger partial charge in [-0.25, -0.2) is 0 Å². The van der Waals surface area contributed by atoms with Gasteiger partial charge < -0.3 is 24.4 Å². The number of likely N-dealkylation sites (N-methyl/N-ethyl adjacent to an activating group) is 1. The summed E-state index contributed by atoms with van der Waals surface area (Å²) >= 11 is 0. The second-order valence-corrected chi connectivity index (χ2v) is 6.25. The molecular formula is C19H18N2O5. The Hall–Kier alpha value is -3.22. The lowest BCUT2D eigenvalue weighted by Crippen LogP contribution is -2.42. The van der Waals surface area contributed by atoms with Crippen molar-refractivity contribution in [3.05, 3.63) is 42.0 Å². The van der Waals surface area contributed by atoms with Gasteiger partial charge in [0.1, 0.15) is 5.75 Å². The fraction of sp³-hybridized carbons (Fsp3) is 0.263. The van der Waals surface area contributed by atoms with Gasteiger partial charge in [-0.2, -0.15) is 0 Å². The summed E-state index contributed by atoms with van der Waals surface area (Å²) in [6.07, 6.45) is -0.310. The number of hydrogen-bond donors (Lipinski definition) is 1. The van der Waals surface area contributed by atoms with Crippen LogP contribution in [-0.4, -0.2) is 31.8 Å². The predicted octanol–water partition coefficient (Wildman–Crippen LogP) is 2.34. The third-order valence-electron chi connectivity index (χ3n) is 4.39. The van der Waals surface area contributed by atoms with Gasteiger partial charge in [-0.3, -0.25) is 9.59 Å². The maximum absolute atomic E-state index is 12.4. The first-order valence-electron chi connectivity index (χ1n) is 8.28. The number of anilines is 2. The van der Waals surface area contributed by atoms with Crippen LogP contribution >= 0.6 is 0 Å². The molecule has 0 aliphatic carbocycles. The molecule has 0 radical (unpaired) electrons. The Morgan fingerprint density at radius 3 is 2.77 bits per heavy atom. The van der Waals surface area contributed by atoms with E-state index in [1.807, 2.05) is 6.07 Å². The van der Waals surface area contributed by atoms with Crippen LogP contribution in [0.4, 0.5) is 11.4 Å². The number of benzene rings is 2. The van der Waals surface area contributed by atoms with Gasteiger partial charge in [0.2, 0.25) is 12.7 Å². The van der Waals surface area contributed by atoms with Crippen LogP contribution in [0, 0.1) is 0 Å². The summed E-state index contributed by atoms with van der Waals surface area (Å²) < 4.78 is 16.2. The van der Waals surface area contributed by atoms with Gasteiger partial charge in [-0.15, -0.1) is 0 Å². The van der Waals surface area contributed by atoms with Gasteiger partial charge in [0.15, 0.2) is 17.6 Å². The Labute approximate surface area is 150 Å². The van der Waals surface area contributed by atoms with E-state index in [1.165, 1.54) is 4.90 Å². The SMILES string of the molecule is CC1Oc2ccc(NC(=O)Cc3ccc4c(c3)OCO4)cc2N(C)C1=O. The van der Waals surface area contributed by atoms with E-state index in [0.29, 0.717) is 28.6 Å². The van der Waals surface area contributed by atoms with Crippen molar-refractivity contribution in [1.29, 1.82) is 0 Å². The van der Waals surface area contributed by atoms with Crippen LogP contribution in [0.5, 0.6) is 17.2 Å². The van der Waals surface area contributed by atoms with Crippen molar-refractivity contribution in [2.24, 2.45) is 0 Å². The lowest BCUT2D eigenvalue weighted by atomic mass is 10.1. The maximum Gasteiger partial charge on any atom is 0.267 e. The molecule has 0 spiro atoms. The molecule has 0 saturated heterocycles. The molecule has 0 fully saturated rings. The number of carbonyl (C=O) groups excluding carboxylic acids is 2. The molecular weight excluding hydrogens is 336 g/mol. The first kappa shape index (κ1) is 16.3. The fourth-order valence-corrected chi connectivity index (χ4v) is 3.03. The van der Waals surface area contributed by atoms with E-state index in [9.17, 15) is 9.59 Å². The van der Waals surface area contributed by atoms with Crippen LogP contribution in [0.3, 0.4) is 0 Å². The molecule has 4 rings (SSSR count). The summed E-state index contributed by atoms with van der Waals surface area (Å²) in [5.41, 5.74) is 2.07. The smallest absolute Gasteiger partial charge is 0.267 e. The topological polar surface area (TPSA) is 77.1 Å². The molecule has 0 saturated carbocycles. The summed E-state index contributed by atoms with van der Waals surface area (Å²) in [7, 11) is 1.69. The summed E-state index contributed by atoms with van der Waals surface area (Å²) in [6.45, 7) is 1.91. The number of rotatable bonds is 3. The molecule has 0 aromatic heterocycles. The Balaban J connectivity index is 1.47. The van der Waals surface area contributed by atoms with Crippen molar-refractivity contribution in [3.8, 4) is 17.2 Å². The average molecular weight is 354 g/mol. The molecule has 134 valence electrons. The number of hydrogen-bond acceptors (Lipinski definition) is 5. The summed E-state index contributed by atoms with van der Waals surface area (Å²) in [5, 5.41) is 2.85. The molecule has 2 amide bonds. The average Bonchev–Trinajstić information content (AvgIpc) is 3.08. The Morgan fingerprint density at radius 2 is 1.92 bits per heavy atom. The molecule has 2 heterocycles. The van der Waals surface area contributed by atoms with Crippen LogP contribution in [0.25, 0.3) is 0 Å². The molecule has 2 aromatic rings. The fourth-order valence-electron chi connectivity index (χ4n) is 3.03. The van der Waals surface area contributed by atoms with Gasteiger partial charge >= 0.3 is 0 Å². The minimum absolute atomic E-state index is 0.124. The monoisotopic (exact) mass is 354 g/mol. The molecule has 2 aliphatic rings. The van der Waals surface area contributed by atoms with Crippen molar-refractivity contribution in [2.45, 2.75) is 19.4 Å². The number of fused-ring (bicyclic) bond motifs is 2. The van der Waals surface area contributed by atoms with E-state index in [1.54, 1.807) is 44.3 Å². The third-order valence-corrected chi connectivity index (χ3v) is 4.39. The normalized spacial score (nSPS) is 17.5. The van der Waals surface area contributed by atoms with Gasteiger partial charge in [0.25, 0.3) is 5.91 Å². The lowest BCUT2D eigenvalue weighted by molar-refractivity contribution is -0.125. The van der Waals surface area contributed by atoms with Crippen molar-refractivity contribution >= 4 is 23.2 Å². The van der Waals surface area contributed by atoms with Gasteiger partial charge in [0, 0.05) is 12.7 Å². The van der Waals surface area contributed by atoms with Crippen molar-refractivity contribution < 1.29 is 23.8 Å². The van der Waals surface area contributed by atoms with E-state index in [-0.39, 0.29) is 25.0 Å². The zero-order valence-corrected chi connectivity index (χ0v) is 14.4. The largest absolute Gasteiger partial charge is 0.479 e. The Morgan fingerprint density at radius 1 is 1.15 bits per heavy atom. The number of amides is 2. The first-order valence-corrected chi connectivity index (χ1v) is 8.28. The predicted molar refractivity (Wildman–Crippen MR) is 94.8 cm³/mol. The van der Waals surface area contributed by atoms with E-state index >= 15 is 0 Å². The molecule has 1 unspecified atom stereocenters.